The van der Waals surface area contributed by atoms with Gasteiger partial charge < -0.3 is 4.90 Å². The van der Waals surface area contributed by atoms with Crippen LogP contribution in [0.15, 0.2) is 48.8 Å². The lowest BCUT2D eigenvalue weighted by molar-refractivity contribution is 0.0750. The number of hydrogen-bond acceptors (Lipinski definition) is 5. The third kappa shape index (κ3) is 2.74. The van der Waals surface area contributed by atoms with E-state index in [0.717, 1.165) is 24.1 Å². The maximum absolute atomic E-state index is 13.0. The minimum Gasteiger partial charge on any atom is -0.335 e. The van der Waals surface area contributed by atoms with E-state index in [2.05, 4.69) is 27.2 Å². The van der Waals surface area contributed by atoms with Crippen molar-refractivity contribution in [1.82, 2.24) is 34.3 Å². The molecule has 0 fully saturated rings. The van der Waals surface area contributed by atoms with Crippen molar-refractivity contribution in [2.24, 2.45) is 7.05 Å². The molecule has 0 saturated carbocycles. The van der Waals surface area contributed by atoms with Crippen LogP contribution in [-0.2, 0) is 19.9 Å². The third-order valence-corrected chi connectivity index (χ3v) is 5.17. The number of amides is 1. The summed E-state index contributed by atoms with van der Waals surface area (Å²) in [5, 5.41) is 9.01. The Morgan fingerprint density at radius 3 is 2.68 bits per heavy atom. The van der Waals surface area contributed by atoms with Gasteiger partial charge in [0.05, 0.1) is 5.69 Å². The van der Waals surface area contributed by atoms with E-state index in [1.54, 1.807) is 18.5 Å². The summed E-state index contributed by atoms with van der Waals surface area (Å²) < 4.78 is 3.47. The van der Waals surface area contributed by atoms with Crippen molar-refractivity contribution < 1.29 is 4.79 Å². The highest BCUT2D eigenvalue weighted by Crippen LogP contribution is 2.28. The number of carbonyl (C=O) groups is 1. The highest BCUT2D eigenvalue weighted by molar-refractivity contribution is 5.91. The molecule has 0 unspecified atom stereocenters. The molecule has 1 aliphatic heterocycles. The predicted octanol–water partition coefficient (Wildman–Crippen LogP) is 1.77. The molecule has 4 heterocycles. The number of fused-ring (bicyclic) bond motifs is 2. The van der Waals surface area contributed by atoms with Gasteiger partial charge in [0.15, 0.2) is 0 Å². The number of hydrogen-bond donors (Lipinski definition) is 0. The van der Waals surface area contributed by atoms with Crippen LogP contribution >= 0.6 is 0 Å². The van der Waals surface area contributed by atoms with E-state index < -0.39 is 0 Å². The predicted molar refractivity (Wildman–Crippen MR) is 103 cm³/mol. The van der Waals surface area contributed by atoms with E-state index in [-0.39, 0.29) is 11.7 Å². The summed E-state index contributed by atoms with van der Waals surface area (Å²) in [6, 6.07) is 11.9. The van der Waals surface area contributed by atoms with Crippen LogP contribution in [0.25, 0.3) is 17.0 Å². The number of nitrogens with zero attached hydrogens (tertiary/aromatic N) is 7. The summed E-state index contributed by atoms with van der Waals surface area (Å²) >= 11 is 0. The highest BCUT2D eigenvalue weighted by Gasteiger charge is 2.27. The van der Waals surface area contributed by atoms with Crippen LogP contribution in [0, 0.1) is 0 Å². The smallest absolute Gasteiger partial charge is 0.293 e. The van der Waals surface area contributed by atoms with E-state index in [0.29, 0.717) is 18.9 Å². The first kappa shape index (κ1) is 16.6. The molecule has 8 nitrogen and oxygen atoms in total. The maximum atomic E-state index is 13.0. The van der Waals surface area contributed by atoms with Crippen molar-refractivity contribution in [2.75, 3.05) is 13.1 Å². The molecule has 4 aromatic rings. The van der Waals surface area contributed by atoms with Crippen LogP contribution in [0.2, 0.25) is 0 Å². The lowest BCUT2D eigenvalue weighted by Gasteiger charge is -2.18. The second kappa shape index (κ2) is 6.56. The van der Waals surface area contributed by atoms with E-state index in [1.165, 1.54) is 15.8 Å². The van der Waals surface area contributed by atoms with Gasteiger partial charge in [-0.1, -0.05) is 30.3 Å². The van der Waals surface area contributed by atoms with E-state index >= 15 is 0 Å². The summed E-state index contributed by atoms with van der Waals surface area (Å²) in [4.78, 5) is 23.2. The number of rotatable bonds is 2. The molecule has 0 bridgehead atoms. The van der Waals surface area contributed by atoms with Gasteiger partial charge in [-0.25, -0.2) is 9.50 Å². The van der Waals surface area contributed by atoms with Crippen LogP contribution in [0.3, 0.4) is 0 Å². The Morgan fingerprint density at radius 2 is 1.86 bits per heavy atom. The van der Waals surface area contributed by atoms with Crippen LogP contribution in [0.4, 0.5) is 0 Å². The molecule has 140 valence electrons. The summed E-state index contributed by atoms with van der Waals surface area (Å²) in [5.74, 6) is 0.457. The molecular weight excluding hydrogens is 354 g/mol. The normalized spacial score (nSPS) is 14.1. The fourth-order valence-electron chi connectivity index (χ4n) is 3.77. The minimum absolute atomic E-state index is 0.160. The van der Waals surface area contributed by atoms with Gasteiger partial charge in [-0.05, 0) is 12.5 Å². The van der Waals surface area contributed by atoms with E-state index in [1.807, 2.05) is 34.8 Å². The molecule has 1 amide bonds. The molecule has 28 heavy (non-hydrogen) atoms. The molecule has 3 aromatic heterocycles. The molecule has 8 heteroatoms. The van der Waals surface area contributed by atoms with Gasteiger partial charge in [0, 0.05) is 55.8 Å². The van der Waals surface area contributed by atoms with Crippen molar-refractivity contribution in [3.05, 3.63) is 65.9 Å². The van der Waals surface area contributed by atoms with Gasteiger partial charge >= 0.3 is 0 Å². The van der Waals surface area contributed by atoms with Crippen molar-refractivity contribution in [2.45, 2.75) is 12.8 Å². The van der Waals surface area contributed by atoms with Crippen molar-refractivity contribution in [3.8, 4) is 11.3 Å². The van der Waals surface area contributed by atoms with E-state index in [9.17, 15) is 4.79 Å². The standard InChI is InChI=1S/C20H19N7O/c1-25-16-9-13-26(19(28)18-22-20-21-10-5-11-27(20)24-18)12-8-15(16)17(23-25)14-6-3-2-4-7-14/h2-7,10-11H,8-9,12-13H2,1H3. The van der Waals surface area contributed by atoms with Crippen LogP contribution < -0.4 is 0 Å². The second-order valence-electron chi connectivity index (χ2n) is 6.86. The average Bonchev–Trinajstić information content (AvgIpc) is 3.21. The number of aromatic nitrogens is 6. The monoisotopic (exact) mass is 373 g/mol. The molecule has 1 aliphatic rings. The fraction of sp³-hybridized carbons (Fsp3) is 0.250. The SMILES string of the molecule is Cn1nc(-c2ccccc2)c2c1CCN(C(=O)c1nc3ncccn3n1)CC2. The summed E-state index contributed by atoms with van der Waals surface area (Å²) in [5.41, 5.74) is 4.50. The first-order valence-electron chi connectivity index (χ1n) is 9.27. The molecule has 0 radical (unpaired) electrons. The Bertz CT molecular complexity index is 1130. The van der Waals surface area contributed by atoms with Gasteiger partial charge in [0.1, 0.15) is 0 Å². The Hall–Kier alpha value is -3.55. The summed E-state index contributed by atoms with van der Waals surface area (Å²) in [6.07, 6.45) is 4.88. The summed E-state index contributed by atoms with van der Waals surface area (Å²) in [6.45, 7) is 1.23. The van der Waals surface area contributed by atoms with Gasteiger partial charge in [-0.2, -0.15) is 10.1 Å². The highest BCUT2D eigenvalue weighted by atomic mass is 16.2. The topological polar surface area (TPSA) is 81.2 Å². The Kier molecular flexibility index (Phi) is 3.89. The molecule has 0 spiro atoms. The Labute approximate surface area is 161 Å². The second-order valence-corrected chi connectivity index (χ2v) is 6.86. The van der Waals surface area contributed by atoms with Crippen molar-refractivity contribution in [3.63, 3.8) is 0 Å². The Balaban J connectivity index is 1.43. The number of aryl methyl sites for hydroxylation is 1. The Morgan fingerprint density at radius 1 is 1.04 bits per heavy atom. The molecule has 0 aliphatic carbocycles. The lowest BCUT2D eigenvalue weighted by atomic mass is 10.0. The lowest BCUT2D eigenvalue weighted by Crippen LogP contribution is -2.34. The molecule has 0 N–H and O–H groups in total. The first-order chi connectivity index (χ1) is 13.7. The van der Waals surface area contributed by atoms with Gasteiger partial charge in [0.25, 0.3) is 11.7 Å². The van der Waals surface area contributed by atoms with Crippen LogP contribution in [0.1, 0.15) is 21.9 Å². The quantitative estimate of drug-likeness (QED) is 0.535. The van der Waals surface area contributed by atoms with Gasteiger partial charge in [-0.3, -0.25) is 9.48 Å². The largest absolute Gasteiger partial charge is 0.335 e. The summed E-state index contributed by atoms with van der Waals surface area (Å²) in [7, 11) is 1.97. The first-order valence-corrected chi connectivity index (χ1v) is 9.27. The average molecular weight is 373 g/mol. The molecule has 0 saturated heterocycles. The van der Waals surface area contributed by atoms with Crippen molar-refractivity contribution >= 4 is 11.7 Å². The fourth-order valence-corrected chi connectivity index (χ4v) is 3.77. The molecule has 5 rings (SSSR count). The third-order valence-electron chi connectivity index (χ3n) is 5.17. The minimum atomic E-state index is -0.160. The number of benzene rings is 1. The maximum Gasteiger partial charge on any atom is 0.293 e. The zero-order valence-corrected chi connectivity index (χ0v) is 15.5. The van der Waals surface area contributed by atoms with Gasteiger partial charge in [-0.15, -0.1) is 5.10 Å². The molecule has 0 atom stereocenters. The van der Waals surface area contributed by atoms with Crippen LogP contribution in [-0.4, -0.2) is 53.3 Å². The zero-order valence-electron chi connectivity index (χ0n) is 15.5. The zero-order chi connectivity index (χ0) is 19.1. The van der Waals surface area contributed by atoms with Crippen LogP contribution in [0.5, 0.6) is 0 Å². The van der Waals surface area contributed by atoms with Gasteiger partial charge in [0.2, 0.25) is 5.82 Å². The molecular formula is C20H19N7O. The van der Waals surface area contributed by atoms with Crippen molar-refractivity contribution in [1.29, 1.82) is 0 Å². The molecule has 1 aromatic carbocycles. The van der Waals surface area contributed by atoms with E-state index in [4.69, 9.17) is 5.10 Å². The number of carbonyl (C=O) groups excluding carboxylic acids is 1.